The molecule has 2 rings (SSSR count). The Morgan fingerprint density at radius 1 is 1.39 bits per heavy atom. The van der Waals surface area contributed by atoms with Crippen molar-refractivity contribution in [2.45, 2.75) is 32.9 Å². The fourth-order valence-corrected chi connectivity index (χ4v) is 2.18. The van der Waals surface area contributed by atoms with E-state index in [9.17, 15) is 9.59 Å². The van der Waals surface area contributed by atoms with Gasteiger partial charge in [-0.15, -0.1) is 0 Å². The SMILES string of the molecule is Cc1ccc(C)c2c1NC(=O)C2NC(C)C(=O)O. The minimum Gasteiger partial charge on any atom is -0.480 e. The summed E-state index contributed by atoms with van der Waals surface area (Å²) in [5, 5.41) is 14.6. The molecule has 0 aliphatic carbocycles. The van der Waals surface area contributed by atoms with Gasteiger partial charge in [-0.25, -0.2) is 0 Å². The van der Waals surface area contributed by atoms with E-state index in [-0.39, 0.29) is 5.91 Å². The van der Waals surface area contributed by atoms with Crippen molar-refractivity contribution >= 4 is 17.6 Å². The molecule has 1 amide bonds. The number of rotatable bonds is 3. The summed E-state index contributed by atoms with van der Waals surface area (Å²) in [7, 11) is 0. The van der Waals surface area contributed by atoms with Crippen LogP contribution in [0.15, 0.2) is 12.1 Å². The topological polar surface area (TPSA) is 78.4 Å². The first-order chi connectivity index (χ1) is 8.41. The Balaban J connectivity index is 2.39. The summed E-state index contributed by atoms with van der Waals surface area (Å²) in [4.78, 5) is 22.8. The molecule has 18 heavy (non-hydrogen) atoms. The lowest BCUT2D eigenvalue weighted by Gasteiger charge is -2.16. The smallest absolute Gasteiger partial charge is 0.320 e. The predicted octanol–water partition coefficient (Wildman–Crippen LogP) is 1.36. The minimum atomic E-state index is -0.971. The first-order valence-electron chi connectivity index (χ1n) is 5.81. The van der Waals surface area contributed by atoms with E-state index in [1.165, 1.54) is 6.92 Å². The van der Waals surface area contributed by atoms with Crippen LogP contribution in [0, 0.1) is 13.8 Å². The summed E-state index contributed by atoms with van der Waals surface area (Å²) in [5.74, 6) is -1.17. The third kappa shape index (κ3) is 1.97. The van der Waals surface area contributed by atoms with Gasteiger partial charge in [-0.3, -0.25) is 14.9 Å². The number of hydrogen-bond acceptors (Lipinski definition) is 3. The third-order valence-electron chi connectivity index (χ3n) is 3.26. The number of carbonyl (C=O) groups excluding carboxylic acids is 1. The molecule has 0 radical (unpaired) electrons. The number of aryl methyl sites for hydroxylation is 2. The Morgan fingerprint density at radius 3 is 2.61 bits per heavy atom. The molecule has 3 N–H and O–H groups in total. The third-order valence-corrected chi connectivity index (χ3v) is 3.26. The zero-order chi connectivity index (χ0) is 13.4. The molecule has 5 heteroatoms. The summed E-state index contributed by atoms with van der Waals surface area (Å²) >= 11 is 0. The lowest BCUT2D eigenvalue weighted by Crippen LogP contribution is -2.39. The van der Waals surface area contributed by atoms with Crippen molar-refractivity contribution in [2.75, 3.05) is 5.32 Å². The fourth-order valence-electron chi connectivity index (χ4n) is 2.18. The van der Waals surface area contributed by atoms with Crippen molar-refractivity contribution in [3.05, 3.63) is 28.8 Å². The summed E-state index contributed by atoms with van der Waals surface area (Å²) in [5.41, 5.74) is 3.61. The number of carboxylic acid groups (broad SMARTS) is 1. The highest BCUT2D eigenvalue weighted by Gasteiger charge is 2.34. The zero-order valence-electron chi connectivity index (χ0n) is 10.6. The summed E-state index contributed by atoms with van der Waals surface area (Å²) in [6.07, 6.45) is 0. The van der Waals surface area contributed by atoms with Crippen molar-refractivity contribution in [1.29, 1.82) is 0 Å². The highest BCUT2D eigenvalue weighted by molar-refractivity contribution is 6.04. The van der Waals surface area contributed by atoms with Crippen LogP contribution < -0.4 is 10.6 Å². The van der Waals surface area contributed by atoms with Gasteiger partial charge in [0.05, 0.1) is 0 Å². The van der Waals surface area contributed by atoms with Crippen LogP contribution in [0.3, 0.4) is 0 Å². The lowest BCUT2D eigenvalue weighted by molar-refractivity contribution is -0.139. The maximum atomic E-state index is 11.9. The van der Waals surface area contributed by atoms with E-state index in [1.807, 2.05) is 26.0 Å². The van der Waals surface area contributed by atoms with Crippen LogP contribution in [0.4, 0.5) is 5.69 Å². The van der Waals surface area contributed by atoms with E-state index in [0.717, 1.165) is 22.4 Å². The van der Waals surface area contributed by atoms with Gasteiger partial charge >= 0.3 is 5.97 Å². The Hall–Kier alpha value is -1.88. The lowest BCUT2D eigenvalue weighted by atomic mass is 9.99. The molecule has 0 spiro atoms. The van der Waals surface area contributed by atoms with E-state index >= 15 is 0 Å². The first kappa shape index (κ1) is 12.6. The minimum absolute atomic E-state index is 0.199. The second-order valence-corrected chi connectivity index (χ2v) is 4.64. The first-order valence-corrected chi connectivity index (χ1v) is 5.81. The van der Waals surface area contributed by atoms with Gasteiger partial charge in [0.15, 0.2) is 0 Å². The quantitative estimate of drug-likeness (QED) is 0.754. The van der Waals surface area contributed by atoms with Gasteiger partial charge in [-0.2, -0.15) is 0 Å². The van der Waals surface area contributed by atoms with Gasteiger partial charge in [0.25, 0.3) is 0 Å². The monoisotopic (exact) mass is 248 g/mol. The van der Waals surface area contributed by atoms with Crippen molar-refractivity contribution in [2.24, 2.45) is 0 Å². The number of amides is 1. The standard InChI is InChI=1S/C13H16N2O3/c1-6-4-5-7(2)10-9(6)11(12(16)15-10)14-8(3)13(17)18/h4-5,8,11,14H,1-3H3,(H,15,16)(H,17,18). The molecule has 1 aromatic carbocycles. The summed E-state index contributed by atoms with van der Waals surface area (Å²) in [6, 6.07) is 2.52. The highest BCUT2D eigenvalue weighted by Crippen LogP contribution is 2.36. The van der Waals surface area contributed by atoms with Crippen LogP contribution in [0.2, 0.25) is 0 Å². The molecule has 0 aromatic heterocycles. The number of carbonyl (C=O) groups is 2. The maximum absolute atomic E-state index is 11.9. The molecular weight excluding hydrogens is 232 g/mol. The van der Waals surface area contributed by atoms with Crippen molar-refractivity contribution in [3.63, 3.8) is 0 Å². The molecule has 2 atom stereocenters. The number of hydrogen-bond donors (Lipinski definition) is 3. The number of nitrogens with one attached hydrogen (secondary N) is 2. The van der Waals surface area contributed by atoms with Crippen LogP contribution >= 0.6 is 0 Å². The maximum Gasteiger partial charge on any atom is 0.320 e. The number of aliphatic carboxylic acids is 1. The van der Waals surface area contributed by atoms with Gasteiger partial charge < -0.3 is 10.4 Å². The molecule has 0 bridgehead atoms. The van der Waals surface area contributed by atoms with E-state index < -0.39 is 18.1 Å². The number of anilines is 1. The van der Waals surface area contributed by atoms with Crippen molar-refractivity contribution in [1.82, 2.24) is 5.32 Å². The number of fused-ring (bicyclic) bond motifs is 1. The Morgan fingerprint density at radius 2 is 2.00 bits per heavy atom. The van der Waals surface area contributed by atoms with Crippen LogP contribution in [-0.4, -0.2) is 23.0 Å². The second-order valence-electron chi connectivity index (χ2n) is 4.64. The highest BCUT2D eigenvalue weighted by atomic mass is 16.4. The summed E-state index contributed by atoms with van der Waals surface area (Å²) in [6.45, 7) is 5.36. The van der Waals surface area contributed by atoms with Crippen LogP contribution in [0.25, 0.3) is 0 Å². The van der Waals surface area contributed by atoms with Gasteiger partial charge in [0.2, 0.25) is 5.91 Å². The molecule has 0 saturated carbocycles. The number of carboxylic acids is 1. The van der Waals surface area contributed by atoms with E-state index in [0.29, 0.717) is 0 Å². The Labute approximate surface area is 105 Å². The van der Waals surface area contributed by atoms with Crippen molar-refractivity contribution in [3.8, 4) is 0 Å². The Bertz CT molecular complexity index is 525. The zero-order valence-corrected chi connectivity index (χ0v) is 10.6. The molecule has 1 aliphatic heterocycles. The second kappa shape index (κ2) is 4.42. The normalized spacial score (nSPS) is 19.3. The largest absolute Gasteiger partial charge is 0.480 e. The van der Waals surface area contributed by atoms with Crippen LogP contribution in [0.1, 0.15) is 29.7 Å². The average molecular weight is 248 g/mol. The van der Waals surface area contributed by atoms with E-state index in [1.54, 1.807) is 0 Å². The molecule has 96 valence electrons. The fraction of sp³-hybridized carbons (Fsp3) is 0.385. The molecule has 0 saturated heterocycles. The van der Waals surface area contributed by atoms with Gasteiger partial charge in [-0.1, -0.05) is 12.1 Å². The molecule has 2 unspecified atom stereocenters. The predicted molar refractivity (Wildman–Crippen MR) is 67.5 cm³/mol. The van der Waals surface area contributed by atoms with E-state index in [4.69, 9.17) is 5.11 Å². The van der Waals surface area contributed by atoms with Crippen LogP contribution in [0.5, 0.6) is 0 Å². The molecule has 1 aromatic rings. The number of benzene rings is 1. The van der Waals surface area contributed by atoms with E-state index in [2.05, 4.69) is 10.6 Å². The average Bonchev–Trinajstić information content (AvgIpc) is 2.63. The van der Waals surface area contributed by atoms with Gasteiger partial charge in [0.1, 0.15) is 12.1 Å². The Kier molecular flexibility index (Phi) is 3.09. The van der Waals surface area contributed by atoms with Gasteiger partial charge in [-0.05, 0) is 31.9 Å². The molecule has 5 nitrogen and oxygen atoms in total. The molecular formula is C13H16N2O3. The molecule has 1 aliphatic rings. The molecule has 0 fully saturated rings. The summed E-state index contributed by atoms with van der Waals surface area (Å²) < 4.78 is 0. The molecule has 1 heterocycles. The van der Waals surface area contributed by atoms with Gasteiger partial charge in [0, 0.05) is 11.3 Å². The van der Waals surface area contributed by atoms with Crippen molar-refractivity contribution < 1.29 is 14.7 Å². The van der Waals surface area contributed by atoms with Crippen LogP contribution in [-0.2, 0) is 9.59 Å².